The van der Waals surface area contributed by atoms with Crippen molar-refractivity contribution in [2.75, 3.05) is 5.32 Å². The lowest BCUT2D eigenvalue weighted by Crippen LogP contribution is -2.22. The normalized spacial score (nSPS) is 10.9. The summed E-state index contributed by atoms with van der Waals surface area (Å²) >= 11 is 10.0. The first-order valence-corrected chi connectivity index (χ1v) is 14.4. The van der Waals surface area contributed by atoms with Crippen LogP contribution in [-0.2, 0) is 13.1 Å². The molecule has 2 N–H and O–H groups in total. The van der Waals surface area contributed by atoms with Crippen LogP contribution in [0.3, 0.4) is 0 Å². The van der Waals surface area contributed by atoms with E-state index in [1.807, 2.05) is 91.0 Å². The number of nitrogens with one attached hydrogen (secondary N) is 2. The third-order valence-electron chi connectivity index (χ3n) is 6.57. The molecule has 9 heteroatoms. The predicted molar refractivity (Wildman–Crippen MR) is 169 cm³/mol. The molecule has 0 unspecified atom stereocenters. The Morgan fingerprint density at radius 2 is 1.57 bits per heavy atom. The van der Waals surface area contributed by atoms with Crippen LogP contribution in [0.5, 0.6) is 11.5 Å². The van der Waals surface area contributed by atoms with Crippen molar-refractivity contribution in [3.05, 3.63) is 142 Å². The van der Waals surface area contributed by atoms with Gasteiger partial charge in [-0.1, -0.05) is 78.3 Å². The van der Waals surface area contributed by atoms with Crippen molar-refractivity contribution in [3.63, 3.8) is 0 Å². The standard InChI is InChI=1S/C33H25BrClN5O2/c34-28-21-38-40-31(18-30(39-32(28)40)27-14-4-5-15-29(27)35)36-19-22-8-6-9-23(16-22)20-37-33(41)24-10-7-13-26(17-24)42-25-11-2-1-3-12-25/h1-18,21,36H,19-20H2,(H,37,41). The van der Waals surface area contributed by atoms with Gasteiger partial charge in [0.2, 0.25) is 0 Å². The number of benzene rings is 4. The first-order chi connectivity index (χ1) is 20.5. The van der Waals surface area contributed by atoms with Gasteiger partial charge in [-0.25, -0.2) is 4.98 Å². The van der Waals surface area contributed by atoms with Crippen molar-refractivity contribution < 1.29 is 9.53 Å². The molecule has 0 fully saturated rings. The topological polar surface area (TPSA) is 80.5 Å². The van der Waals surface area contributed by atoms with Crippen LogP contribution in [-0.4, -0.2) is 20.5 Å². The largest absolute Gasteiger partial charge is 0.457 e. The van der Waals surface area contributed by atoms with Crippen LogP contribution >= 0.6 is 27.5 Å². The lowest BCUT2D eigenvalue weighted by molar-refractivity contribution is 0.0950. The molecule has 0 atom stereocenters. The number of carbonyl (C=O) groups is 1. The molecule has 0 saturated heterocycles. The highest BCUT2D eigenvalue weighted by Crippen LogP contribution is 2.30. The SMILES string of the molecule is O=C(NCc1cccc(CNc2cc(-c3ccccc3Cl)nc3c(Br)cnn23)c1)c1cccc(Oc2ccccc2)c1. The Hall–Kier alpha value is -4.66. The highest BCUT2D eigenvalue weighted by Gasteiger charge is 2.14. The van der Waals surface area contributed by atoms with E-state index in [-0.39, 0.29) is 5.91 Å². The minimum atomic E-state index is -0.174. The second-order valence-electron chi connectivity index (χ2n) is 9.53. The number of anilines is 1. The van der Waals surface area contributed by atoms with E-state index in [0.29, 0.717) is 40.8 Å². The fraction of sp³-hybridized carbons (Fsp3) is 0.0606. The maximum atomic E-state index is 12.9. The Kier molecular flexibility index (Phi) is 8.16. The number of aromatic nitrogens is 3. The van der Waals surface area contributed by atoms with Gasteiger partial charge in [0.1, 0.15) is 17.3 Å². The van der Waals surface area contributed by atoms with Gasteiger partial charge in [0.25, 0.3) is 5.91 Å². The molecule has 0 radical (unpaired) electrons. The van der Waals surface area contributed by atoms with Gasteiger partial charge in [-0.05, 0) is 63.5 Å². The second-order valence-corrected chi connectivity index (χ2v) is 10.8. The molecule has 7 nitrogen and oxygen atoms in total. The molecule has 6 rings (SSSR count). The molecule has 4 aromatic carbocycles. The van der Waals surface area contributed by atoms with Crippen molar-refractivity contribution >= 4 is 44.9 Å². The average molecular weight is 639 g/mol. The monoisotopic (exact) mass is 637 g/mol. The number of para-hydroxylation sites is 1. The Balaban J connectivity index is 1.13. The number of amides is 1. The van der Waals surface area contributed by atoms with Gasteiger partial charge in [0.15, 0.2) is 5.65 Å². The minimum Gasteiger partial charge on any atom is -0.457 e. The molecule has 1 amide bonds. The van der Waals surface area contributed by atoms with E-state index in [0.717, 1.165) is 32.7 Å². The van der Waals surface area contributed by atoms with Gasteiger partial charge in [-0.2, -0.15) is 9.61 Å². The maximum Gasteiger partial charge on any atom is 0.251 e. The molecular weight excluding hydrogens is 614 g/mol. The zero-order valence-corrected chi connectivity index (χ0v) is 24.6. The van der Waals surface area contributed by atoms with Gasteiger partial charge < -0.3 is 15.4 Å². The summed E-state index contributed by atoms with van der Waals surface area (Å²) < 4.78 is 8.41. The van der Waals surface area contributed by atoms with Crippen molar-refractivity contribution in [2.45, 2.75) is 13.1 Å². The summed E-state index contributed by atoms with van der Waals surface area (Å²) in [6.07, 6.45) is 1.72. The zero-order valence-electron chi connectivity index (χ0n) is 22.3. The van der Waals surface area contributed by atoms with Gasteiger partial charge in [0, 0.05) is 35.3 Å². The van der Waals surface area contributed by atoms with Crippen molar-refractivity contribution in [1.82, 2.24) is 19.9 Å². The Morgan fingerprint density at radius 3 is 2.40 bits per heavy atom. The van der Waals surface area contributed by atoms with Crippen LogP contribution < -0.4 is 15.4 Å². The summed E-state index contributed by atoms with van der Waals surface area (Å²) in [5.74, 6) is 1.92. The van der Waals surface area contributed by atoms with Crippen molar-refractivity contribution in [2.24, 2.45) is 0 Å². The minimum absolute atomic E-state index is 0.174. The molecule has 0 aliphatic rings. The first kappa shape index (κ1) is 27.5. The number of nitrogens with zero attached hydrogens (tertiary/aromatic N) is 3. The number of carbonyl (C=O) groups excluding carboxylic acids is 1. The van der Waals surface area contributed by atoms with E-state index in [2.05, 4.69) is 37.7 Å². The average Bonchev–Trinajstić information content (AvgIpc) is 3.40. The van der Waals surface area contributed by atoms with Crippen molar-refractivity contribution in [3.8, 4) is 22.8 Å². The van der Waals surface area contributed by atoms with Crippen LogP contribution in [0.2, 0.25) is 5.02 Å². The van der Waals surface area contributed by atoms with Crippen molar-refractivity contribution in [1.29, 1.82) is 0 Å². The van der Waals surface area contributed by atoms with Gasteiger partial charge in [0.05, 0.1) is 16.4 Å². The summed E-state index contributed by atoms with van der Waals surface area (Å²) in [6, 6.07) is 34.3. The summed E-state index contributed by atoms with van der Waals surface area (Å²) in [5.41, 5.74) is 4.83. The summed E-state index contributed by atoms with van der Waals surface area (Å²) in [6.45, 7) is 0.928. The van der Waals surface area contributed by atoms with E-state index in [1.165, 1.54) is 0 Å². The van der Waals surface area contributed by atoms with Crippen LogP contribution in [0.1, 0.15) is 21.5 Å². The van der Waals surface area contributed by atoms with E-state index in [4.69, 9.17) is 21.3 Å². The third kappa shape index (κ3) is 6.30. The van der Waals surface area contributed by atoms with E-state index in [1.54, 1.807) is 22.8 Å². The maximum absolute atomic E-state index is 12.9. The summed E-state index contributed by atoms with van der Waals surface area (Å²) in [7, 11) is 0. The molecular formula is C33H25BrClN5O2. The molecule has 2 aromatic heterocycles. The van der Waals surface area contributed by atoms with Crippen LogP contribution in [0.25, 0.3) is 16.9 Å². The van der Waals surface area contributed by atoms with Gasteiger partial charge in [-0.15, -0.1) is 0 Å². The zero-order chi connectivity index (χ0) is 28.9. The van der Waals surface area contributed by atoms with E-state index < -0.39 is 0 Å². The van der Waals surface area contributed by atoms with Gasteiger partial charge in [-0.3, -0.25) is 4.79 Å². The summed E-state index contributed by atoms with van der Waals surface area (Å²) in [4.78, 5) is 17.7. The van der Waals surface area contributed by atoms with E-state index >= 15 is 0 Å². The second kappa shape index (κ2) is 12.5. The Bertz CT molecular complexity index is 1880. The number of hydrogen-bond acceptors (Lipinski definition) is 5. The van der Waals surface area contributed by atoms with Crippen LogP contribution in [0.4, 0.5) is 5.82 Å². The number of fused-ring (bicyclic) bond motifs is 1. The highest BCUT2D eigenvalue weighted by molar-refractivity contribution is 9.10. The molecule has 2 heterocycles. The molecule has 6 aromatic rings. The predicted octanol–water partition coefficient (Wildman–Crippen LogP) is 8.15. The third-order valence-corrected chi connectivity index (χ3v) is 7.46. The number of rotatable bonds is 9. The van der Waals surface area contributed by atoms with E-state index in [9.17, 15) is 4.79 Å². The fourth-order valence-corrected chi connectivity index (χ4v) is 5.10. The first-order valence-electron chi connectivity index (χ1n) is 13.3. The molecule has 42 heavy (non-hydrogen) atoms. The highest BCUT2D eigenvalue weighted by atomic mass is 79.9. The molecule has 0 spiro atoms. The lowest BCUT2D eigenvalue weighted by Gasteiger charge is -2.13. The lowest BCUT2D eigenvalue weighted by atomic mass is 10.1. The number of halogens is 2. The van der Waals surface area contributed by atoms with Crippen LogP contribution in [0.15, 0.2) is 120 Å². The molecule has 208 valence electrons. The Morgan fingerprint density at radius 1 is 0.833 bits per heavy atom. The number of hydrogen-bond donors (Lipinski definition) is 2. The quantitative estimate of drug-likeness (QED) is 0.167. The smallest absolute Gasteiger partial charge is 0.251 e. The molecule has 0 saturated carbocycles. The fourth-order valence-electron chi connectivity index (χ4n) is 4.52. The molecule has 0 aliphatic heterocycles. The molecule has 0 bridgehead atoms. The Labute approximate surface area is 256 Å². The van der Waals surface area contributed by atoms with Gasteiger partial charge >= 0.3 is 0 Å². The summed E-state index contributed by atoms with van der Waals surface area (Å²) in [5, 5.41) is 11.6. The van der Waals surface area contributed by atoms with Crippen LogP contribution in [0, 0.1) is 0 Å². The number of ether oxygens (including phenoxy) is 1. The molecule has 0 aliphatic carbocycles.